The number of pyridine rings is 1. The van der Waals surface area contributed by atoms with Gasteiger partial charge in [-0.3, -0.25) is 28.7 Å². The Hall–Kier alpha value is -4.63. The van der Waals surface area contributed by atoms with Gasteiger partial charge in [-0.2, -0.15) is 45.3 Å². The average Bonchev–Trinajstić information content (AvgIpc) is 3.54. The van der Waals surface area contributed by atoms with Gasteiger partial charge in [-0.15, -0.1) is 0 Å². The molecule has 0 saturated carbocycles. The lowest BCUT2D eigenvalue weighted by Crippen LogP contribution is -2.38. The van der Waals surface area contributed by atoms with E-state index < -0.39 is 116 Å². The number of likely N-dealkylation sites (tertiary alicyclic amines) is 1. The third kappa shape index (κ3) is 13.3. The van der Waals surface area contributed by atoms with Gasteiger partial charge in [0.2, 0.25) is 5.91 Å². The minimum absolute atomic E-state index is 0.0166. The van der Waals surface area contributed by atoms with Crippen LogP contribution >= 0.6 is 32.2 Å². The highest BCUT2D eigenvalue weighted by Crippen LogP contribution is 2.58. The van der Waals surface area contributed by atoms with Crippen molar-refractivity contribution in [1.82, 2.24) is 40.1 Å². The van der Waals surface area contributed by atoms with Crippen LogP contribution in [0.25, 0.3) is 22.0 Å². The van der Waals surface area contributed by atoms with E-state index in [1.54, 1.807) is 19.2 Å². The van der Waals surface area contributed by atoms with Gasteiger partial charge in [0.25, 0.3) is 0 Å². The number of nitrogens with one attached hydrogen (secondary N) is 2. The van der Waals surface area contributed by atoms with Gasteiger partial charge in [-0.1, -0.05) is 30.7 Å². The number of rotatable bonds is 12. The Labute approximate surface area is 430 Å². The van der Waals surface area contributed by atoms with E-state index in [0.29, 0.717) is 29.5 Å². The summed E-state index contributed by atoms with van der Waals surface area (Å²) in [5.74, 6) is -7.21. The summed E-state index contributed by atoms with van der Waals surface area (Å²) in [5, 5.41) is 12.4. The third-order valence-electron chi connectivity index (χ3n) is 11.9. The molecule has 4 atom stereocenters. The Kier molecular flexibility index (Phi) is 18.2. The Morgan fingerprint density at radius 1 is 1.01 bits per heavy atom. The summed E-state index contributed by atoms with van der Waals surface area (Å²) in [6, 6.07) is 3.28. The average molecular weight is 1130 g/mol. The molecule has 2 aliphatic heterocycles. The van der Waals surface area contributed by atoms with Crippen LogP contribution in [0.1, 0.15) is 86.5 Å². The molecule has 3 aromatic heterocycles. The van der Waals surface area contributed by atoms with Crippen molar-refractivity contribution in [1.29, 1.82) is 0 Å². The quantitative estimate of drug-likeness (QED) is 0.0403. The van der Waals surface area contributed by atoms with E-state index in [9.17, 15) is 48.9 Å². The largest absolute Gasteiger partial charge is 0.435 e. The maximum absolute atomic E-state index is 15.4. The molecule has 2 aromatic carbocycles. The number of nitrogens with zero attached hydrogens (tertiary/aromatic N) is 7. The van der Waals surface area contributed by atoms with Crippen LogP contribution in [0.5, 0.6) is 0 Å². The number of hydrogen-bond acceptors (Lipinski definition) is 11. The number of halogens is 11. The summed E-state index contributed by atoms with van der Waals surface area (Å²) in [5.41, 5.74) is -3.36. The molecule has 74 heavy (non-hydrogen) atoms. The summed E-state index contributed by atoms with van der Waals surface area (Å²) in [4.78, 5) is 49.4. The molecule has 15 nitrogen and oxygen atoms in total. The molecule has 5 heterocycles. The van der Waals surface area contributed by atoms with E-state index in [0.717, 1.165) is 41.2 Å². The summed E-state index contributed by atoms with van der Waals surface area (Å²) in [7, 11) is -1.55. The molecule has 406 valence electrons. The van der Waals surface area contributed by atoms with E-state index >= 15 is 8.78 Å². The van der Waals surface area contributed by atoms with Gasteiger partial charge in [-0.05, 0) is 88.2 Å². The van der Waals surface area contributed by atoms with Crippen LogP contribution in [0.4, 0.5) is 54.5 Å². The smallest absolute Gasteiger partial charge is 0.346 e. The van der Waals surface area contributed by atoms with Gasteiger partial charge in [0, 0.05) is 76.7 Å². The summed E-state index contributed by atoms with van der Waals surface area (Å²) >= 11 is 7.63. The fourth-order valence-corrected chi connectivity index (χ4v) is 9.07. The molecule has 5 aromatic rings. The molecule has 0 spiro atoms. The van der Waals surface area contributed by atoms with E-state index in [1.807, 2.05) is 20.8 Å². The molecule has 2 unspecified atom stereocenters. The monoisotopic (exact) mass is 1130 g/mol. The Morgan fingerprint density at radius 2 is 1.61 bits per heavy atom. The molecule has 2 saturated heterocycles. The van der Waals surface area contributed by atoms with Crippen molar-refractivity contribution in [3.05, 3.63) is 93.0 Å². The van der Waals surface area contributed by atoms with Gasteiger partial charge in [0.15, 0.2) is 11.5 Å². The van der Waals surface area contributed by atoms with E-state index in [4.69, 9.17) is 26.4 Å². The number of carbonyl (C=O) groups is 2. The first kappa shape index (κ1) is 58.6. The van der Waals surface area contributed by atoms with Gasteiger partial charge in [-0.25, -0.2) is 17.9 Å². The second-order valence-electron chi connectivity index (χ2n) is 18.1. The lowest BCUT2D eigenvalue weighted by molar-refractivity contribution is -0.142. The lowest BCUT2D eigenvalue weighted by atomic mass is 9.93. The second-order valence-corrected chi connectivity index (χ2v) is 22.2. The first-order valence-electron chi connectivity index (χ1n) is 22.4. The normalized spacial score (nSPS) is 17.8. The summed E-state index contributed by atoms with van der Waals surface area (Å²) in [6.07, 6.45) is -5.50. The van der Waals surface area contributed by atoms with Gasteiger partial charge < -0.3 is 24.5 Å². The van der Waals surface area contributed by atoms with Crippen LogP contribution in [0.2, 0.25) is 5.02 Å². The fraction of sp³-hybridized carbons (Fsp3) is 0.489. The lowest BCUT2D eigenvalue weighted by Gasteiger charge is -2.24. The number of carbonyl (C=O) groups excluding carboxylic acids is 2. The third-order valence-corrected chi connectivity index (χ3v) is 15.0. The minimum atomic E-state index is -5.15. The van der Waals surface area contributed by atoms with Crippen LogP contribution in [-0.2, 0) is 58.1 Å². The number of amides is 3. The van der Waals surface area contributed by atoms with Gasteiger partial charge in [0.1, 0.15) is 30.4 Å². The Bertz CT molecular complexity index is 2880. The number of hydrogen-bond donors (Lipinski definition) is 4. The van der Waals surface area contributed by atoms with Crippen molar-refractivity contribution in [3.8, 4) is 11.1 Å². The summed E-state index contributed by atoms with van der Waals surface area (Å²) < 4.78 is 162. The molecular formula is C45H51ClF10N9O6PS2. The van der Waals surface area contributed by atoms with Crippen LogP contribution < -0.4 is 14.9 Å². The molecule has 1 aliphatic carbocycles. The van der Waals surface area contributed by atoms with E-state index in [1.165, 1.54) is 36.5 Å². The van der Waals surface area contributed by atoms with Crippen LogP contribution in [0.3, 0.4) is 0 Å². The molecule has 0 radical (unpaired) electrons. The topological polar surface area (TPSA) is 190 Å². The van der Waals surface area contributed by atoms with Crippen molar-refractivity contribution >= 4 is 71.6 Å². The highest BCUT2D eigenvalue weighted by atomic mass is 35.5. The highest BCUT2D eigenvalue weighted by molar-refractivity contribution is 8.00. The minimum Gasteiger partial charge on any atom is -0.346 e. The molecule has 29 heteroatoms. The first-order chi connectivity index (χ1) is 34.4. The molecular weight excluding hydrogens is 1080 g/mol. The SMILES string of the molecule is CCc1ccc(-c2ccc(Cl)c3c(N(SC)C(=O)N4CCCC4)nn(CC(F)(F)F)c23)c(C(Cc2cc(F)cc(F)c2)NC(=O)Cn2nc(C(F)(F)F)c3c2C(F)(F)[C@@H]2N[C@H]32)n1.COP(O)O.CS(=O)C(C)(C)C. The van der Waals surface area contributed by atoms with Crippen molar-refractivity contribution in [2.45, 2.75) is 108 Å². The highest BCUT2D eigenvalue weighted by Gasteiger charge is 2.68. The number of urea groups is 1. The van der Waals surface area contributed by atoms with Crippen LogP contribution in [0.15, 0.2) is 42.5 Å². The number of benzene rings is 2. The van der Waals surface area contributed by atoms with Gasteiger partial charge in [0.05, 0.1) is 39.7 Å². The van der Waals surface area contributed by atoms with E-state index in [-0.39, 0.29) is 60.0 Å². The maximum atomic E-state index is 15.4. The Morgan fingerprint density at radius 3 is 2.14 bits per heavy atom. The van der Waals surface area contributed by atoms with Gasteiger partial charge >= 0.3 is 32.9 Å². The van der Waals surface area contributed by atoms with Crippen molar-refractivity contribution in [2.75, 3.05) is 37.0 Å². The predicted octanol–water partition coefficient (Wildman–Crippen LogP) is 9.90. The number of anilines is 1. The number of aromatic nitrogens is 5. The van der Waals surface area contributed by atoms with Crippen LogP contribution in [-0.4, -0.2) is 105 Å². The molecule has 8 rings (SSSR count). The van der Waals surface area contributed by atoms with E-state index in [2.05, 4.69) is 25.4 Å². The number of fused-ring (bicyclic) bond motifs is 4. The fourth-order valence-electron chi connectivity index (χ4n) is 8.26. The standard InChI is InChI=1S/C39H34ClF10N9O2S.C5H12OS.CH5O3P/c1-3-21-6-7-22(23-8-9-24(40)27-31(23)58(17-37(43,44)45)55-35(27)59(62-2)36(61)56-10-4-5-11-56)29(51-21)25(14-18-12-19(41)15-20(42)13-18)52-26(60)16-57-34-28(32(54-57)39(48,49)50)30-33(53-30)38(34,46)47;1-5(2,3)7(4)6;1-4-5(2)3/h6-9,12-13,15,25,30,33,53H,3-5,10-11,14,16-17H2,1-2H3,(H,52,60);1-4H3;2-3H,1H3/t25?,30-,33-;;/m1../s1. The van der Waals surface area contributed by atoms with Crippen molar-refractivity contribution in [3.63, 3.8) is 0 Å². The molecule has 3 amide bonds. The first-order valence-corrected chi connectivity index (χ1v) is 26.7. The predicted molar refractivity (Wildman–Crippen MR) is 260 cm³/mol. The molecule has 3 aliphatic rings. The molecule has 0 bridgehead atoms. The number of aryl methyl sites for hydroxylation is 1. The Balaban J connectivity index is 0.000000666. The molecule has 4 N–H and O–H groups in total. The van der Waals surface area contributed by atoms with Crippen molar-refractivity contribution < 1.29 is 72.0 Å². The van der Waals surface area contributed by atoms with Crippen molar-refractivity contribution in [2.24, 2.45) is 0 Å². The number of alkyl halides is 8. The zero-order chi connectivity index (χ0) is 55.0. The van der Waals surface area contributed by atoms with Crippen LogP contribution in [0, 0.1) is 11.6 Å². The maximum Gasteiger partial charge on any atom is 0.435 e. The zero-order valence-electron chi connectivity index (χ0n) is 40.5. The summed E-state index contributed by atoms with van der Waals surface area (Å²) in [6.45, 7) is 5.61. The zero-order valence-corrected chi connectivity index (χ0v) is 43.8. The second kappa shape index (κ2) is 22.9. The molecule has 2 fully saturated rings.